The molecule has 2 amide bonds. The first-order valence-corrected chi connectivity index (χ1v) is 15.9. The molecule has 2 aromatic heterocycles. The van der Waals surface area contributed by atoms with Crippen LogP contribution in [0.2, 0.25) is 0 Å². The summed E-state index contributed by atoms with van der Waals surface area (Å²) in [4.78, 5) is 26.5. The summed E-state index contributed by atoms with van der Waals surface area (Å²) in [7, 11) is 1.63. The second kappa shape index (κ2) is 13.5. The van der Waals surface area contributed by atoms with Gasteiger partial charge in [-0.1, -0.05) is 53.7 Å². The van der Waals surface area contributed by atoms with Crippen LogP contribution in [0.3, 0.4) is 0 Å². The maximum Gasteiger partial charge on any atom is 0.287 e. The fraction of sp³-hybridized carbons (Fsp3) is 0.229. The van der Waals surface area contributed by atoms with Crippen molar-refractivity contribution in [3.63, 3.8) is 0 Å². The Morgan fingerprint density at radius 3 is 2.46 bits per heavy atom. The van der Waals surface area contributed by atoms with E-state index in [1.54, 1.807) is 24.3 Å². The first-order chi connectivity index (χ1) is 22.3. The van der Waals surface area contributed by atoms with Gasteiger partial charge in [-0.3, -0.25) is 14.2 Å². The summed E-state index contributed by atoms with van der Waals surface area (Å²) in [5.74, 6) is 1.08. The SMILES string of the molecule is COc1ccc(C2=NN(C(=O)CSc3nnc(CNC(=O)c4ccco4)n3-c3cc(C)ccc3C)[C@@H](c3ccc(C)cc3)C2)cc1. The third kappa shape index (κ3) is 6.59. The number of aromatic nitrogens is 3. The molecule has 1 atom stereocenters. The van der Waals surface area contributed by atoms with Crippen molar-refractivity contribution in [2.75, 3.05) is 12.9 Å². The van der Waals surface area contributed by atoms with Crippen LogP contribution in [0.25, 0.3) is 5.69 Å². The van der Waals surface area contributed by atoms with E-state index in [0.717, 1.165) is 45.0 Å². The highest BCUT2D eigenvalue weighted by atomic mass is 32.2. The van der Waals surface area contributed by atoms with Gasteiger partial charge in [0.15, 0.2) is 16.7 Å². The average molecular weight is 635 g/mol. The lowest BCUT2D eigenvalue weighted by Crippen LogP contribution is -2.28. The number of ether oxygens (including phenoxy) is 1. The zero-order valence-corrected chi connectivity index (χ0v) is 26.9. The second-order valence-electron chi connectivity index (χ2n) is 11.1. The number of nitrogens with one attached hydrogen (secondary N) is 1. The number of nitrogens with zero attached hydrogens (tertiary/aromatic N) is 5. The molecule has 0 radical (unpaired) electrons. The lowest BCUT2D eigenvalue weighted by atomic mass is 9.97. The summed E-state index contributed by atoms with van der Waals surface area (Å²) >= 11 is 1.29. The summed E-state index contributed by atoms with van der Waals surface area (Å²) in [6.07, 6.45) is 2.04. The monoisotopic (exact) mass is 634 g/mol. The predicted molar refractivity (Wildman–Crippen MR) is 176 cm³/mol. The Bertz CT molecular complexity index is 1880. The first kappa shape index (κ1) is 30.8. The lowest BCUT2D eigenvalue weighted by Gasteiger charge is -2.22. The van der Waals surface area contributed by atoms with Gasteiger partial charge in [-0.05, 0) is 85.5 Å². The fourth-order valence-electron chi connectivity index (χ4n) is 5.30. The van der Waals surface area contributed by atoms with Crippen LogP contribution in [-0.4, -0.2) is 50.2 Å². The van der Waals surface area contributed by atoms with E-state index in [-0.39, 0.29) is 35.9 Å². The van der Waals surface area contributed by atoms with Gasteiger partial charge in [0.1, 0.15) is 5.75 Å². The molecule has 1 aliphatic rings. The van der Waals surface area contributed by atoms with E-state index < -0.39 is 0 Å². The molecule has 0 saturated carbocycles. The second-order valence-corrected chi connectivity index (χ2v) is 12.1. The minimum Gasteiger partial charge on any atom is -0.497 e. The molecule has 0 unspecified atom stereocenters. The van der Waals surface area contributed by atoms with Crippen molar-refractivity contribution in [1.82, 2.24) is 25.1 Å². The van der Waals surface area contributed by atoms with Crippen LogP contribution in [0.4, 0.5) is 0 Å². The molecule has 11 heteroatoms. The van der Waals surface area contributed by atoms with Gasteiger partial charge in [0.25, 0.3) is 11.8 Å². The smallest absolute Gasteiger partial charge is 0.287 e. The van der Waals surface area contributed by atoms with Gasteiger partial charge in [-0.25, -0.2) is 5.01 Å². The molecule has 3 aromatic carbocycles. The van der Waals surface area contributed by atoms with Gasteiger partial charge < -0.3 is 14.5 Å². The number of amides is 2. The molecule has 0 fully saturated rings. The molecule has 234 valence electrons. The topological polar surface area (TPSA) is 115 Å². The molecule has 0 aliphatic carbocycles. The van der Waals surface area contributed by atoms with E-state index in [9.17, 15) is 9.59 Å². The summed E-state index contributed by atoms with van der Waals surface area (Å²) in [6.45, 7) is 6.18. The number of aryl methyl sites for hydroxylation is 3. The zero-order chi connectivity index (χ0) is 32.2. The van der Waals surface area contributed by atoms with Gasteiger partial charge in [-0.2, -0.15) is 5.10 Å². The highest BCUT2D eigenvalue weighted by molar-refractivity contribution is 7.99. The molecule has 0 saturated heterocycles. The number of hydrazone groups is 1. The van der Waals surface area contributed by atoms with Crippen LogP contribution in [0.15, 0.2) is 99.8 Å². The van der Waals surface area contributed by atoms with Gasteiger partial charge in [0.05, 0.1) is 43.1 Å². The van der Waals surface area contributed by atoms with Crippen molar-refractivity contribution >= 4 is 29.3 Å². The number of hydrogen-bond acceptors (Lipinski definition) is 8. The maximum absolute atomic E-state index is 13.9. The number of furan rings is 1. The maximum atomic E-state index is 13.9. The minimum atomic E-state index is -0.355. The van der Waals surface area contributed by atoms with Crippen LogP contribution in [0.1, 0.15) is 56.7 Å². The molecule has 6 rings (SSSR count). The number of methoxy groups -OCH3 is 1. The third-order valence-electron chi connectivity index (χ3n) is 7.83. The Hall–Kier alpha value is -5.16. The van der Waals surface area contributed by atoms with E-state index in [2.05, 4.69) is 39.8 Å². The standard InChI is InChI=1S/C35H34N6O4S/c1-22-8-11-26(12-9-22)30-19-28(25-13-15-27(44-4)16-14-25)39-41(30)33(42)21-46-35-38-37-32(20-36-34(43)31-6-5-17-45-31)40(35)29-18-23(2)7-10-24(29)3/h5-18,30H,19-21H2,1-4H3,(H,36,43)/t30-/m1/s1. The quantitative estimate of drug-likeness (QED) is 0.182. The van der Waals surface area contributed by atoms with Crippen LogP contribution >= 0.6 is 11.8 Å². The van der Waals surface area contributed by atoms with Crippen molar-refractivity contribution in [1.29, 1.82) is 0 Å². The summed E-state index contributed by atoms with van der Waals surface area (Å²) in [5.41, 5.74) is 6.88. The van der Waals surface area contributed by atoms with Crippen molar-refractivity contribution in [3.8, 4) is 11.4 Å². The van der Waals surface area contributed by atoms with Crippen LogP contribution in [-0.2, 0) is 11.3 Å². The average Bonchev–Trinajstić information content (AvgIpc) is 3.85. The molecule has 1 N–H and O–H groups in total. The number of carbonyl (C=O) groups excluding carboxylic acids is 2. The molecule has 0 spiro atoms. The van der Waals surface area contributed by atoms with Crippen LogP contribution in [0.5, 0.6) is 5.75 Å². The van der Waals surface area contributed by atoms with E-state index in [1.165, 1.54) is 18.0 Å². The zero-order valence-electron chi connectivity index (χ0n) is 26.1. The number of thioether (sulfide) groups is 1. The van der Waals surface area contributed by atoms with Gasteiger partial charge in [-0.15, -0.1) is 10.2 Å². The van der Waals surface area contributed by atoms with Crippen molar-refractivity contribution in [2.24, 2.45) is 5.10 Å². The van der Waals surface area contributed by atoms with Crippen molar-refractivity contribution in [2.45, 2.75) is 44.9 Å². The predicted octanol–water partition coefficient (Wildman–Crippen LogP) is 6.19. The van der Waals surface area contributed by atoms with Crippen molar-refractivity contribution in [3.05, 3.63) is 125 Å². The van der Waals surface area contributed by atoms with Crippen LogP contribution in [0, 0.1) is 20.8 Å². The molecule has 1 aliphatic heterocycles. The highest BCUT2D eigenvalue weighted by Crippen LogP contribution is 2.35. The van der Waals surface area contributed by atoms with E-state index in [0.29, 0.717) is 17.4 Å². The largest absolute Gasteiger partial charge is 0.497 e. The molecular weight excluding hydrogens is 600 g/mol. The summed E-state index contributed by atoms with van der Waals surface area (Å²) in [5, 5.41) is 18.7. The molecule has 10 nitrogen and oxygen atoms in total. The Morgan fingerprint density at radius 1 is 0.978 bits per heavy atom. The molecular formula is C35H34N6O4S. The summed E-state index contributed by atoms with van der Waals surface area (Å²) < 4.78 is 12.4. The molecule has 3 heterocycles. The normalized spacial score (nSPS) is 14.3. The lowest BCUT2D eigenvalue weighted by molar-refractivity contribution is -0.130. The number of hydrogen-bond donors (Lipinski definition) is 1. The van der Waals surface area contributed by atoms with E-state index in [4.69, 9.17) is 14.3 Å². The molecule has 0 bridgehead atoms. The van der Waals surface area contributed by atoms with Gasteiger partial charge >= 0.3 is 0 Å². The van der Waals surface area contributed by atoms with Crippen LogP contribution < -0.4 is 10.1 Å². The van der Waals surface area contributed by atoms with E-state index >= 15 is 0 Å². The Kier molecular flexibility index (Phi) is 9.02. The highest BCUT2D eigenvalue weighted by Gasteiger charge is 2.33. The Labute approximate surface area is 271 Å². The fourth-order valence-corrected chi connectivity index (χ4v) is 6.12. The van der Waals surface area contributed by atoms with E-state index in [1.807, 2.05) is 67.8 Å². The number of carbonyl (C=O) groups is 2. The Balaban J connectivity index is 1.27. The Morgan fingerprint density at radius 2 is 1.74 bits per heavy atom. The number of rotatable bonds is 10. The summed E-state index contributed by atoms with van der Waals surface area (Å²) in [6, 6.07) is 25.1. The third-order valence-corrected chi connectivity index (χ3v) is 8.75. The van der Waals surface area contributed by atoms with Crippen molar-refractivity contribution < 1.29 is 18.7 Å². The molecule has 46 heavy (non-hydrogen) atoms. The minimum absolute atomic E-state index is 0.0868. The van der Waals surface area contributed by atoms with Gasteiger partial charge in [0, 0.05) is 6.42 Å². The first-order valence-electron chi connectivity index (χ1n) is 14.9. The van der Waals surface area contributed by atoms with Gasteiger partial charge in [0.2, 0.25) is 0 Å². The number of benzene rings is 3. The molecule has 5 aromatic rings.